The molecule has 0 radical (unpaired) electrons. The van der Waals surface area contributed by atoms with E-state index in [9.17, 15) is 19.8 Å². The van der Waals surface area contributed by atoms with Crippen molar-refractivity contribution in [1.82, 2.24) is 5.32 Å². The van der Waals surface area contributed by atoms with Crippen molar-refractivity contribution in [2.45, 2.75) is 475 Å². The standard InChI is InChI=1S/C82H159NO5/c1-3-5-7-9-11-13-15-17-19-21-22-23-33-36-39-43-46-50-54-58-62-66-70-74-80(85)79(78-84)83-81(86)75-71-67-63-59-55-51-47-44-40-37-34-31-29-27-25-24-26-28-30-32-35-38-41-45-49-53-57-61-65-69-73-77-88-82(87)76-72-68-64-60-56-52-48-42-20-18-16-14-12-10-8-6-4-2/h18,20,70,74,79-80,84-85H,3-17,19,21-69,71-73,75-78H2,1-2H3,(H,83,86)/b20-18-,74-70+. The number of aliphatic hydroxyl groups is 2. The second kappa shape index (κ2) is 77.8. The Balaban J connectivity index is 3.35. The van der Waals surface area contributed by atoms with E-state index in [0.717, 1.165) is 44.9 Å². The van der Waals surface area contributed by atoms with E-state index in [1.165, 1.54) is 392 Å². The predicted octanol–water partition coefficient (Wildman–Crippen LogP) is 26.8. The van der Waals surface area contributed by atoms with Gasteiger partial charge in [-0.15, -0.1) is 0 Å². The number of ether oxygens (including phenoxy) is 1. The highest BCUT2D eigenvalue weighted by molar-refractivity contribution is 5.76. The number of carbonyl (C=O) groups is 2. The molecule has 0 aliphatic carbocycles. The summed E-state index contributed by atoms with van der Waals surface area (Å²) in [4.78, 5) is 24.7. The van der Waals surface area contributed by atoms with Crippen molar-refractivity contribution in [3.63, 3.8) is 0 Å². The quantitative estimate of drug-likeness (QED) is 0.0320. The van der Waals surface area contributed by atoms with Crippen LogP contribution < -0.4 is 5.32 Å². The van der Waals surface area contributed by atoms with Crippen molar-refractivity contribution in [1.29, 1.82) is 0 Å². The highest BCUT2D eigenvalue weighted by Gasteiger charge is 2.18. The summed E-state index contributed by atoms with van der Waals surface area (Å²) in [7, 11) is 0. The molecule has 0 aromatic rings. The lowest BCUT2D eigenvalue weighted by Gasteiger charge is -2.20. The van der Waals surface area contributed by atoms with Crippen LogP contribution >= 0.6 is 0 Å². The average molecular weight is 1240 g/mol. The first-order valence-corrected chi connectivity index (χ1v) is 40.6. The van der Waals surface area contributed by atoms with Crippen molar-refractivity contribution in [2.24, 2.45) is 0 Å². The largest absolute Gasteiger partial charge is 0.466 e. The van der Waals surface area contributed by atoms with Gasteiger partial charge in [0.15, 0.2) is 0 Å². The van der Waals surface area contributed by atoms with Gasteiger partial charge in [-0.2, -0.15) is 0 Å². The minimum Gasteiger partial charge on any atom is -0.466 e. The Morgan fingerprint density at radius 3 is 0.807 bits per heavy atom. The second-order valence-corrected chi connectivity index (χ2v) is 28.1. The minimum absolute atomic E-state index is 0.0182. The number of nitrogens with one attached hydrogen (secondary N) is 1. The molecule has 0 saturated heterocycles. The van der Waals surface area contributed by atoms with Crippen LogP contribution in [0.25, 0.3) is 0 Å². The Bertz CT molecular complexity index is 1380. The van der Waals surface area contributed by atoms with E-state index >= 15 is 0 Å². The fraction of sp³-hybridized carbons (Fsp3) is 0.927. The number of allylic oxidation sites excluding steroid dienone is 3. The van der Waals surface area contributed by atoms with E-state index in [1.807, 2.05) is 6.08 Å². The summed E-state index contributed by atoms with van der Waals surface area (Å²) in [5.74, 6) is -0.0402. The molecule has 88 heavy (non-hydrogen) atoms. The molecule has 3 N–H and O–H groups in total. The molecule has 0 aromatic heterocycles. The molecule has 0 heterocycles. The molecule has 0 rings (SSSR count). The van der Waals surface area contributed by atoms with Crippen LogP contribution in [0.5, 0.6) is 0 Å². The number of rotatable bonds is 77. The Morgan fingerprint density at radius 1 is 0.307 bits per heavy atom. The van der Waals surface area contributed by atoms with Gasteiger partial charge in [0.05, 0.1) is 25.4 Å². The summed E-state index contributed by atoms with van der Waals surface area (Å²) in [6.07, 6.45) is 100. The third-order valence-corrected chi connectivity index (χ3v) is 19.2. The number of amides is 1. The molecular weight excluding hydrogens is 1080 g/mol. The van der Waals surface area contributed by atoms with Gasteiger partial charge in [-0.05, 0) is 57.8 Å². The Kier molecular flexibility index (Phi) is 76.3. The van der Waals surface area contributed by atoms with Crippen molar-refractivity contribution in [3.8, 4) is 0 Å². The van der Waals surface area contributed by atoms with E-state index in [1.54, 1.807) is 6.08 Å². The zero-order valence-electron chi connectivity index (χ0n) is 60.0. The SMILES string of the molecule is CCCCCCCC/C=C\CCCCCCCCCC(=O)OCCCCCCCCCCCCCCCCCCCCCCCCCCCCCCCCCC(=O)NC(CO)C(O)/C=C/CCCCCCCCCCCCCCCCCCCCCCC. The van der Waals surface area contributed by atoms with Gasteiger partial charge in [0.25, 0.3) is 0 Å². The number of hydrogen-bond acceptors (Lipinski definition) is 5. The molecule has 0 saturated carbocycles. The second-order valence-electron chi connectivity index (χ2n) is 28.1. The Labute approximate surface area is 551 Å². The first-order valence-electron chi connectivity index (χ1n) is 40.6. The molecule has 0 fully saturated rings. The van der Waals surface area contributed by atoms with Gasteiger partial charge in [-0.25, -0.2) is 0 Å². The molecule has 6 nitrogen and oxygen atoms in total. The van der Waals surface area contributed by atoms with Crippen molar-refractivity contribution in [2.75, 3.05) is 13.2 Å². The number of hydrogen-bond donors (Lipinski definition) is 3. The summed E-state index contributed by atoms with van der Waals surface area (Å²) >= 11 is 0. The maximum atomic E-state index is 12.6. The van der Waals surface area contributed by atoms with E-state index in [0.29, 0.717) is 19.4 Å². The lowest BCUT2D eigenvalue weighted by molar-refractivity contribution is -0.143. The number of unbranched alkanes of at least 4 members (excludes halogenated alkanes) is 64. The number of carbonyl (C=O) groups excluding carboxylic acids is 2. The summed E-state index contributed by atoms with van der Waals surface area (Å²) in [5.41, 5.74) is 0. The van der Waals surface area contributed by atoms with Gasteiger partial charge in [0, 0.05) is 12.8 Å². The van der Waals surface area contributed by atoms with Crippen LogP contribution in [0.1, 0.15) is 463 Å². The van der Waals surface area contributed by atoms with Gasteiger partial charge in [-0.1, -0.05) is 417 Å². The minimum atomic E-state index is -0.843. The summed E-state index contributed by atoms with van der Waals surface area (Å²) < 4.78 is 5.51. The van der Waals surface area contributed by atoms with Gasteiger partial charge in [0.1, 0.15) is 0 Å². The van der Waals surface area contributed by atoms with Crippen LogP contribution in [0, 0.1) is 0 Å². The molecule has 522 valence electrons. The van der Waals surface area contributed by atoms with Gasteiger partial charge in [-0.3, -0.25) is 9.59 Å². The fourth-order valence-corrected chi connectivity index (χ4v) is 13.0. The third-order valence-electron chi connectivity index (χ3n) is 19.2. The zero-order chi connectivity index (χ0) is 63.5. The van der Waals surface area contributed by atoms with Crippen LogP contribution in [0.15, 0.2) is 24.3 Å². The van der Waals surface area contributed by atoms with E-state index < -0.39 is 12.1 Å². The Hall–Kier alpha value is -1.66. The van der Waals surface area contributed by atoms with Crippen LogP contribution in [0.4, 0.5) is 0 Å². The first-order chi connectivity index (χ1) is 43.5. The highest BCUT2D eigenvalue weighted by Crippen LogP contribution is 2.20. The van der Waals surface area contributed by atoms with Gasteiger partial charge < -0.3 is 20.3 Å². The number of esters is 1. The number of aliphatic hydroxyl groups excluding tert-OH is 2. The van der Waals surface area contributed by atoms with Gasteiger partial charge in [0.2, 0.25) is 5.91 Å². The fourth-order valence-electron chi connectivity index (χ4n) is 13.0. The average Bonchev–Trinajstić information content (AvgIpc) is 3.58. The first kappa shape index (κ1) is 86.3. The normalized spacial score (nSPS) is 12.5. The van der Waals surface area contributed by atoms with Crippen LogP contribution in [0.2, 0.25) is 0 Å². The highest BCUT2D eigenvalue weighted by atomic mass is 16.5. The van der Waals surface area contributed by atoms with E-state index in [-0.39, 0.29) is 18.5 Å². The van der Waals surface area contributed by atoms with Crippen molar-refractivity contribution >= 4 is 11.9 Å². The Morgan fingerprint density at radius 2 is 0.534 bits per heavy atom. The van der Waals surface area contributed by atoms with E-state index in [4.69, 9.17) is 4.74 Å². The molecule has 0 aliphatic rings. The van der Waals surface area contributed by atoms with Crippen molar-refractivity contribution in [3.05, 3.63) is 24.3 Å². The summed E-state index contributed by atoms with van der Waals surface area (Å²) in [5, 5.41) is 23.3. The lowest BCUT2D eigenvalue weighted by Crippen LogP contribution is -2.45. The topological polar surface area (TPSA) is 95.9 Å². The molecule has 0 aliphatic heterocycles. The monoisotopic (exact) mass is 1240 g/mol. The van der Waals surface area contributed by atoms with Crippen LogP contribution in [-0.4, -0.2) is 47.4 Å². The predicted molar refractivity (Wildman–Crippen MR) is 389 cm³/mol. The summed E-state index contributed by atoms with van der Waals surface area (Å²) in [6.45, 7) is 4.96. The van der Waals surface area contributed by atoms with Crippen LogP contribution in [-0.2, 0) is 14.3 Å². The zero-order valence-corrected chi connectivity index (χ0v) is 60.0. The van der Waals surface area contributed by atoms with Gasteiger partial charge >= 0.3 is 5.97 Å². The molecule has 1 amide bonds. The third kappa shape index (κ3) is 73.4. The van der Waals surface area contributed by atoms with Crippen molar-refractivity contribution < 1.29 is 24.5 Å². The molecule has 0 bridgehead atoms. The summed E-state index contributed by atoms with van der Waals surface area (Å²) in [6, 6.07) is -0.626. The smallest absolute Gasteiger partial charge is 0.305 e. The molecule has 2 atom stereocenters. The molecule has 0 aromatic carbocycles. The molecule has 6 heteroatoms. The molecule has 2 unspecified atom stereocenters. The maximum absolute atomic E-state index is 12.6. The molecule has 0 spiro atoms. The lowest BCUT2D eigenvalue weighted by atomic mass is 10.0. The van der Waals surface area contributed by atoms with E-state index in [2.05, 4.69) is 31.3 Å². The van der Waals surface area contributed by atoms with Crippen LogP contribution in [0.3, 0.4) is 0 Å². The maximum Gasteiger partial charge on any atom is 0.305 e. The molecular formula is C82H159NO5.